The van der Waals surface area contributed by atoms with E-state index >= 15 is 0 Å². The van der Waals surface area contributed by atoms with Gasteiger partial charge in [-0.25, -0.2) is 0 Å². The third-order valence-corrected chi connectivity index (χ3v) is 2.48. The average Bonchev–Trinajstić information content (AvgIpc) is 2.18. The van der Waals surface area contributed by atoms with Crippen molar-refractivity contribution < 1.29 is 4.74 Å². The standard InChI is InChI=1S/C11H11NO/c1-8-4-5-13-11-3-2-9(7-12)6-10(8)11/h2-3,6,8H,4-5H2,1H3/t8-/m0/s1. The molecule has 1 aliphatic heterocycles. The second-order valence-electron chi connectivity index (χ2n) is 3.40. The molecule has 0 aromatic heterocycles. The molecule has 13 heavy (non-hydrogen) atoms. The first-order chi connectivity index (χ1) is 6.31. The zero-order valence-electron chi connectivity index (χ0n) is 7.58. The van der Waals surface area contributed by atoms with Crippen LogP contribution in [0, 0.1) is 11.3 Å². The molecule has 1 aromatic carbocycles. The van der Waals surface area contributed by atoms with E-state index in [0.29, 0.717) is 5.92 Å². The predicted octanol–water partition coefficient (Wildman–Crippen LogP) is 2.44. The number of rotatable bonds is 0. The number of ether oxygens (including phenoxy) is 1. The topological polar surface area (TPSA) is 33.0 Å². The van der Waals surface area contributed by atoms with Crippen molar-refractivity contribution in [2.24, 2.45) is 0 Å². The quantitative estimate of drug-likeness (QED) is 0.603. The minimum atomic E-state index is 0.511. The van der Waals surface area contributed by atoms with Crippen LogP contribution in [0.3, 0.4) is 0 Å². The Hall–Kier alpha value is -1.49. The molecule has 66 valence electrons. The van der Waals surface area contributed by atoms with E-state index in [2.05, 4.69) is 13.0 Å². The highest BCUT2D eigenvalue weighted by atomic mass is 16.5. The molecule has 2 rings (SSSR count). The van der Waals surface area contributed by atoms with E-state index < -0.39 is 0 Å². The Kier molecular flexibility index (Phi) is 1.94. The zero-order valence-corrected chi connectivity index (χ0v) is 7.58. The molecule has 0 N–H and O–H groups in total. The Morgan fingerprint density at radius 1 is 1.54 bits per heavy atom. The summed E-state index contributed by atoms with van der Waals surface area (Å²) in [5, 5.41) is 8.73. The fourth-order valence-corrected chi connectivity index (χ4v) is 1.64. The van der Waals surface area contributed by atoms with Gasteiger partial charge in [0.1, 0.15) is 5.75 Å². The van der Waals surface area contributed by atoms with Gasteiger partial charge in [-0.1, -0.05) is 6.92 Å². The summed E-state index contributed by atoms with van der Waals surface area (Å²) in [5.41, 5.74) is 1.89. The van der Waals surface area contributed by atoms with Crippen molar-refractivity contribution >= 4 is 0 Å². The fourth-order valence-electron chi connectivity index (χ4n) is 1.64. The first-order valence-electron chi connectivity index (χ1n) is 4.48. The molecule has 0 unspecified atom stereocenters. The van der Waals surface area contributed by atoms with Gasteiger partial charge in [0, 0.05) is 0 Å². The molecule has 2 heteroatoms. The fraction of sp³-hybridized carbons (Fsp3) is 0.364. The lowest BCUT2D eigenvalue weighted by Gasteiger charge is -2.22. The first-order valence-corrected chi connectivity index (χ1v) is 4.48. The Morgan fingerprint density at radius 3 is 3.15 bits per heavy atom. The second kappa shape index (κ2) is 3.10. The van der Waals surface area contributed by atoms with Gasteiger partial charge in [-0.3, -0.25) is 0 Å². The van der Waals surface area contributed by atoms with Crippen molar-refractivity contribution in [1.29, 1.82) is 5.26 Å². The largest absolute Gasteiger partial charge is 0.493 e. The number of nitriles is 1. The second-order valence-corrected chi connectivity index (χ2v) is 3.40. The third kappa shape index (κ3) is 1.38. The van der Waals surface area contributed by atoms with Crippen molar-refractivity contribution in [3.8, 4) is 11.8 Å². The minimum Gasteiger partial charge on any atom is -0.493 e. The molecular formula is C11H11NO. The van der Waals surface area contributed by atoms with Crippen molar-refractivity contribution in [3.05, 3.63) is 29.3 Å². The van der Waals surface area contributed by atoms with Crippen LogP contribution >= 0.6 is 0 Å². The molecule has 1 aliphatic rings. The molecule has 1 atom stereocenters. The van der Waals surface area contributed by atoms with E-state index in [4.69, 9.17) is 10.00 Å². The van der Waals surface area contributed by atoms with E-state index in [1.807, 2.05) is 12.1 Å². The molecule has 0 saturated carbocycles. The Balaban J connectivity index is 2.48. The van der Waals surface area contributed by atoms with Crippen LogP contribution in [0.5, 0.6) is 5.75 Å². The van der Waals surface area contributed by atoms with Gasteiger partial charge < -0.3 is 4.74 Å². The summed E-state index contributed by atoms with van der Waals surface area (Å²) in [4.78, 5) is 0. The SMILES string of the molecule is C[C@H]1CCOc2ccc(C#N)cc21. The van der Waals surface area contributed by atoms with Crippen LogP contribution in [0.4, 0.5) is 0 Å². The molecule has 0 fully saturated rings. The van der Waals surface area contributed by atoms with Crippen LogP contribution in [-0.4, -0.2) is 6.61 Å². The van der Waals surface area contributed by atoms with Crippen LogP contribution in [0.1, 0.15) is 30.4 Å². The van der Waals surface area contributed by atoms with Crippen molar-refractivity contribution in [2.45, 2.75) is 19.3 Å². The Labute approximate surface area is 77.8 Å². The molecule has 0 saturated heterocycles. The molecule has 0 aliphatic carbocycles. The minimum absolute atomic E-state index is 0.511. The summed E-state index contributed by atoms with van der Waals surface area (Å²) in [5.74, 6) is 1.45. The number of nitrogens with zero attached hydrogens (tertiary/aromatic N) is 1. The van der Waals surface area contributed by atoms with E-state index in [1.54, 1.807) is 6.07 Å². The van der Waals surface area contributed by atoms with Gasteiger partial charge in [0.15, 0.2) is 0 Å². The maximum absolute atomic E-state index is 8.73. The molecular weight excluding hydrogens is 162 g/mol. The lowest BCUT2D eigenvalue weighted by molar-refractivity contribution is 0.272. The predicted molar refractivity (Wildman–Crippen MR) is 49.7 cm³/mol. The Morgan fingerprint density at radius 2 is 2.38 bits per heavy atom. The summed E-state index contributed by atoms with van der Waals surface area (Å²) in [7, 11) is 0. The molecule has 0 spiro atoms. The van der Waals surface area contributed by atoms with Gasteiger partial charge in [0.25, 0.3) is 0 Å². The summed E-state index contributed by atoms with van der Waals surface area (Å²) in [6, 6.07) is 7.77. The monoisotopic (exact) mass is 173 g/mol. The lowest BCUT2D eigenvalue weighted by Crippen LogP contribution is -2.11. The van der Waals surface area contributed by atoms with Crippen LogP contribution in [0.2, 0.25) is 0 Å². The Bertz CT molecular complexity index is 365. The number of hydrogen-bond donors (Lipinski definition) is 0. The third-order valence-electron chi connectivity index (χ3n) is 2.48. The maximum atomic E-state index is 8.73. The van der Waals surface area contributed by atoms with Gasteiger partial charge >= 0.3 is 0 Å². The highest BCUT2D eigenvalue weighted by Gasteiger charge is 2.17. The maximum Gasteiger partial charge on any atom is 0.122 e. The highest BCUT2D eigenvalue weighted by Crippen LogP contribution is 2.33. The normalized spacial score (nSPS) is 19.8. The summed E-state index contributed by atoms with van der Waals surface area (Å²) in [6.07, 6.45) is 1.04. The highest BCUT2D eigenvalue weighted by molar-refractivity contribution is 5.44. The van der Waals surface area contributed by atoms with Crippen molar-refractivity contribution in [2.75, 3.05) is 6.61 Å². The van der Waals surface area contributed by atoms with Gasteiger partial charge in [-0.15, -0.1) is 0 Å². The van der Waals surface area contributed by atoms with E-state index in [1.165, 1.54) is 5.56 Å². The van der Waals surface area contributed by atoms with Gasteiger partial charge in [-0.2, -0.15) is 5.26 Å². The lowest BCUT2D eigenvalue weighted by atomic mass is 9.94. The van der Waals surface area contributed by atoms with Crippen LogP contribution < -0.4 is 4.74 Å². The summed E-state index contributed by atoms with van der Waals surface area (Å²) < 4.78 is 5.48. The average molecular weight is 173 g/mol. The molecule has 0 amide bonds. The van der Waals surface area contributed by atoms with E-state index in [-0.39, 0.29) is 0 Å². The van der Waals surface area contributed by atoms with Crippen LogP contribution in [0.25, 0.3) is 0 Å². The van der Waals surface area contributed by atoms with Gasteiger partial charge in [0.05, 0.1) is 18.2 Å². The molecule has 0 radical (unpaired) electrons. The zero-order chi connectivity index (χ0) is 9.26. The smallest absolute Gasteiger partial charge is 0.122 e. The molecule has 1 aromatic rings. The first kappa shape index (κ1) is 8.12. The van der Waals surface area contributed by atoms with E-state index in [0.717, 1.165) is 24.3 Å². The van der Waals surface area contributed by atoms with Crippen molar-refractivity contribution in [3.63, 3.8) is 0 Å². The van der Waals surface area contributed by atoms with Crippen LogP contribution in [0.15, 0.2) is 18.2 Å². The number of fused-ring (bicyclic) bond motifs is 1. The summed E-state index contributed by atoms with van der Waals surface area (Å²) >= 11 is 0. The van der Waals surface area contributed by atoms with Crippen molar-refractivity contribution in [1.82, 2.24) is 0 Å². The van der Waals surface area contributed by atoms with E-state index in [9.17, 15) is 0 Å². The summed E-state index contributed by atoms with van der Waals surface area (Å²) in [6.45, 7) is 2.96. The van der Waals surface area contributed by atoms with Crippen LogP contribution in [-0.2, 0) is 0 Å². The molecule has 1 heterocycles. The van der Waals surface area contributed by atoms with Gasteiger partial charge in [0.2, 0.25) is 0 Å². The van der Waals surface area contributed by atoms with Gasteiger partial charge in [-0.05, 0) is 36.1 Å². The molecule has 2 nitrogen and oxygen atoms in total. The number of hydrogen-bond acceptors (Lipinski definition) is 2. The number of benzene rings is 1. The molecule has 0 bridgehead atoms.